The fourth-order valence-corrected chi connectivity index (χ4v) is 4.05. The smallest absolute Gasteiger partial charge is 0.387 e. The van der Waals surface area contributed by atoms with E-state index in [-0.39, 0.29) is 23.0 Å². The minimum atomic E-state index is -2.86. The SMILES string of the molecule is CN(Cc1ccc(OC(F)F)cc1)C(=O)CSCc1cc(=O)n2ccsc2n1. The Hall–Kier alpha value is -2.46. The van der Waals surface area contributed by atoms with Crippen LogP contribution in [0.25, 0.3) is 4.96 Å². The van der Waals surface area contributed by atoms with Crippen molar-refractivity contribution in [3.05, 3.63) is 63.5 Å². The van der Waals surface area contributed by atoms with Gasteiger partial charge in [-0.1, -0.05) is 12.1 Å². The number of hydrogen-bond donors (Lipinski definition) is 0. The maximum Gasteiger partial charge on any atom is 0.387 e. The molecule has 0 fully saturated rings. The summed E-state index contributed by atoms with van der Waals surface area (Å²) < 4.78 is 30.1. The van der Waals surface area contributed by atoms with E-state index in [1.807, 2.05) is 0 Å². The molecule has 148 valence electrons. The van der Waals surface area contributed by atoms with Crippen molar-refractivity contribution in [1.82, 2.24) is 14.3 Å². The van der Waals surface area contributed by atoms with Crippen LogP contribution in [0.1, 0.15) is 11.3 Å². The quantitative estimate of drug-likeness (QED) is 0.554. The molecule has 0 bridgehead atoms. The molecule has 0 aliphatic rings. The second-order valence-corrected chi connectivity index (χ2v) is 7.76. The zero-order chi connectivity index (χ0) is 20.1. The molecule has 0 N–H and O–H groups in total. The van der Waals surface area contributed by atoms with Gasteiger partial charge in [-0.15, -0.1) is 23.1 Å². The van der Waals surface area contributed by atoms with Crippen LogP contribution in [0, 0.1) is 0 Å². The van der Waals surface area contributed by atoms with E-state index in [4.69, 9.17) is 0 Å². The number of hydrogen-bond acceptors (Lipinski definition) is 6. The molecule has 0 radical (unpaired) electrons. The number of amides is 1. The average molecular weight is 425 g/mol. The van der Waals surface area contributed by atoms with Gasteiger partial charge in [-0.25, -0.2) is 4.98 Å². The number of carbonyl (C=O) groups is 1. The lowest BCUT2D eigenvalue weighted by Crippen LogP contribution is -2.27. The fraction of sp³-hybridized carbons (Fsp3) is 0.278. The Morgan fingerprint density at radius 1 is 1.36 bits per heavy atom. The van der Waals surface area contributed by atoms with Crippen molar-refractivity contribution in [2.45, 2.75) is 18.9 Å². The minimum Gasteiger partial charge on any atom is -0.435 e. The first kappa shape index (κ1) is 20.3. The number of carbonyl (C=O) groups excluding carboxylic acids is 1. The van der Waals surface area contributed by atoms with Crippen LogP contribution in [-0.2, 0) is 17.1 Å². The molecule has 2 aromatic heterocycles. The van der Waals surface area contributed by atoms with Crippen molar-refractivity contribution < 1.29 is 18.3 Å². The number of thiazole rings is 1. The van der Waals surface area contributed by atoms with E-state index >= 15 is 0 Å². The second kappa shape index (κ2) is 9.16. The van der Waals surface area contributed by atoms with Gasteiger partial charge in [-0.05, 0) is 17.7 Å². The second-order valence-electron chi connectivity index (χ2n) is 5.91. The standard InChI is InChI=1S/C18H17F2N3O3S2/c1-22(9-12-2-4-14(5-3-12)26-17(19)20)16(25)11-27-10-13-8-15(24)23-6-7-28-18(23)21-13/h2-8,17H,9-11H2,1H3. The Kier molecular flexibility index (Phi) is 6.63. The van der Waals surface area contributed by atoms with Crippen LogP contribution in [0.4, 0.5) is 8.78 Å². The van der Waals surface area contributed by atoms with Gasteiger partial charge in [0.15, 0.2) is 4.96 Å². The predicted molar refractivity (Wildman–Crippen MR) is 105 cm³/mol. The number of fused-ring (bicyclic) bond motifs is 1. The van der Waals surface area contributed by atoms with E-state index in [1.165, 1.54) is 45.7 Å². The number of nitrogens with zero attached hydrogens (tertiary/aromatic N) is 3. The molecule has 6 nitrogen and oxygen atoms in total. The lowest BCUT2D eigenvalue weighted by atomic mass is 10.2. The summed E-state index contributed by atoms with van der Waals surface area (Å²) in [4.78, 5) is 30.8. The van der Waals surface area contributed by atoms with Gasteiger partial charge < -0.3 is 9.64 Å². The zero-order valence-electron chi connectivity index (χ0n) is 14.9. The first-order chi connectivity index (χ1) is 13.4. The van der Waals surface area contributed by atoms with Gasteiger partial charge in [0.2, 0.25) is 5.91 Å². The van der Waals surface area contributed by atoms with Crippen molar-refractivity contribution in [2.24, 2.45) is 0 Å². The maximum atomic E-state index is 12.3. The van der Waals surface area contributed by atoms with Crippen LogP contribution < -0.4 is 10.3 Å². The summed E-state index contributed by atoms with van der Waals surface area (Å²) in [5.41, 5.74) is 1.31. The molecule has 0 atom stereocenters. The first-order valence-electron chi connectivity index (χ1n) is 8.23. The molecule has 0 spiro atoms. The van der Waals surface area contributed by atoms with Gasteiger partial charge >= 0.3 is 6.61 Å². The number of ether oxygens (including phenoxy) is 1. The fourth-order valence-electron chi connectivity index (χ4n) is 2.45. The third-order valence-electron chi connectivity index (χ3n) is 3.83. The number of benzene rings is 1. The molecule has 2 heterocycles. The molecule has 3 aromatic rings. The van der Waals surface area contributed by atoms with Crippen LogP contribution in [0.3, 0.4) is 0 Å². The normalized spacial score (nSPS) is 11.1. The number of alkyl halides is 2. The summed E-state index contributed by atoms with van der Waals surface area (Å²) in [7, 11) is 1.68. The Morgan fingerprint density at radius 2 is 2.11 bits per heavy atom. The van der Waals surface area contributed by atoms with Crippen molar-refractivity contribution in [2.75, 3.05) is 12.8 Å². The van der Waals surface area contributed by atoms with E-state index < -0.39 is 6.61 Å². The predicted octanol–water partition coefficient (Wildman–Crippen LogP) is 3.25. The van der Waals surface area contributed by atoms with E-state index in [2.05, 4.69) is 9.72 Å². The number of aromatic nitrogens is 2. The molecule has 10 heteroatoms. The highest BCUT2D eigenvalue weighted by Gasteiger charge is 2.11. The van der Waals surface area contributed by atoms with Crippen molar-refractivity contribution in [3.63, 3.8) is 0 Å². The Bertz CT molecular complexity index is 1010. The highest BCUT2D eigenvalue weighted by molar-refractivity contribution is 7.99. The molecule has 28 heavy (non-hydrogen) atoms. The van der Waals surface area contributed by atoms with Gasteiger partial charge in [-0.3, -0.25) is 14.0 Å². The van der Waals surface area contributed by atoms with E-state index in [0.717, 1.165) is 5.56 Å². The Morgan fingerprint density at radius 3 is 2.82 bits per heavy atom. The average Bonchev–Trinajstić information content (AvgIpc) is 3.12. The van der Waals surface area contributed by atoms with E-state index in [1.54, 1.807) is 35.7 Å². The lowest BCUT2D eigenvalue weighted by molar-refractivity contribution is -0.127. The van der Waals surface area contributed by atoms with Gasteiger partial charge in [0.25, 0.3) is 5.56 Å². The van der Waals surface area contributed by atoms with Crippen molar-refractivity contribution in [1.29, 1.82) is 0 Å². The Balaban J connectivity index is 1.49. The topological polar surface area (TPSA) is 63.9 Å². The van der Waals surface area contributed by atoms with E-state index in [0.29, 0.717) is 23.0 Å². The summed E-state index contributed by atoms with van der Waals surface area (Å²) in [6, 6.07) is 7.65. The molecule has 0 unspecified atom stereocenters. The molecule has 3 rings (SSSR count). The number of thioether (sulfide) groups is 1. The van der Waals surface area contributed by atoms with E-state index in [9.17, 15) is 18.4 Å². The summed E-state index contributed by atoms with van der Waals surface area (Å²) in [5, 5.41) is 1.80. The number of halogens is 2. The summed E-state index contributed by atoms with van der Waals surface area (Å²) in [6.07, 6.45) is 1.68. The molecule has 0 saturated heterocycles. The van der Waals surface area contributed by atoms with Crippen molar-refractivity contribution in [3.8, 4) is 5.75 Å². The lowest BCUT2D eigenvalue weighted by Gasteiger charge is -2.17. The number of rotatable bonds is 8. The summed E-state index contributed by atoms with van der Waals surface area (Å²) >= 11 is 2.76. The Labute approximate surface area is 167 Å². The van der Waals surface area contributed by atoms with Crippen LogP contribution in [0.15, 0.2) is 46.7 Å². The molecule has 1 amide bonds. The summed E-state index contributed by atoms with van der Waals surface area (Å²) in [6.45, 7) is -2.51. The maximum absolute atomic E-state index is 12.3. The molecule has 1 aromatic carbocycles. The molecular weight excluding hydrogens is 408 g/mol. The molecule has 0 saturated carbocycles. The molecule has 0 aliphatic heterocycles. The monoisotopic (exact) mass is 425 g/mol. The zero-order valence-corrected chi connectivity index (χ0v) is 16.5. The highest BCUT2D eigenvalue weighted by Crippen LogP contribution is 2.17. The largest absolute Gasteiger partial charge is 0.435 e. The van der Waals surface area contributed by atoms with Crippen LogP contribution in [-0.4, -0.2) is 39.6 Å². The van der Waals surface area contributed by atoms with Gasteiger partial charge in [0.1, 0.15) is 5.75 Å². The molecular formula is C18H17F2N3O3S2. The third-order valence-corrected chi connectivity index (χ3v) is 5.53. The van der Waals surface area contributed by atoms with Gasteiger partial charge in [0, 0.05) is 37.0 Å². The van der Waals surface area contributed by atoms with Crippen LogP contribution in [0.5, 0.6) is 5.75 Å². The first-order valence-corrected chi connectivity index (χ1v) is 10.3. The van der Waals surface area contributed by atoms with Crippen molar-refractivity contribution >= 4 is 34.0 Å². The van der Waals surface area contributed by atoms with Crippen LogP contribution >= 0.6 is 23.1 Å². The highest BCUT2D eigenvalue weighted by atomic mass is 32.2. The van der Waals surface area contributed by atoms with Crippen LogP contribution in [0.2, 0.25) is 0 Å². The van der Waals surface area contributed by atoms with Gasteiger partial charge in [-0.2, -0.15) is 8.78 Å². The third kappa shape index (κ3) is 5.29. The minimum absolute atomic E-state index is 0.0770. The summed E-state index contributed by atoms with van der Waals surface area (Å²) in [5.74, 6) is 0.707. The van der Waals surface area contributed by atoms with Gasteiger partial charge in [0.05, 0.1) is 11.4 Å². The molecule has 0 aliphatic carbocycles.